The molecule has 0 amide bonds. The molecule has 3 rings (SSSR count). The summed E-state index contributed by atoms with van der Waals surface area (Å²) in [7, 11) is 0. The molecule has 0 spiro atoms. The number of benzene rings is 1. The van der Waals surface area contributed by atoms with E-state index in [1.165, 1.54) is 12.8 Å². The van der Waals surface area contributed by atoms with Crippen molar-refractivity contribution >= 4 is 16.9 Å². The highest BCUT2D eigenvalue weighted by atomic mass is 16.5. The largest absolute Gasteiger partial charge is 0.486 e. The molecular formula is C16H18O4. The average Bonchev–Trinajstić information content (AvgIpc) is 3.00. The summed E-state index contributed by atoms with van der Waals surface area (Å²) < 4.78 is 11.7. The first-order valence-electron chi connectivity index (χ1n) is 7.00. The quantitative estimate of drug-likeness (QED) is 0.916. The summed E-state index contributed by atoms with van der Waals surface area (Å²) in [5.74, 6) is 0.462. The van der Waals surface area contributed by atoms with Gasteiger partial charge in [0.25, 0.3) is 0 Å². The summed E-state index contributed by atoms with van der Waals surface area (Å²) in [5.41, 5.74) is 1.70. The maximum Gasteiger partial charge on any atom is 0.336 e. The van der Waals surface area contributed by atoms with E-state index < -0.39 is 5.97 Å². The van der Waals surface area contributed by atoms with Crippen molar-refractivity contribution in [3.8, 4) is 5.75 Å². The molecule has 1 saturated carbocycles. The third-order valence-corrected chi connectivity index (χ3v) is 4.11. The van der Waals surface area contributed by atoms with Crippen LogP contribution < -0.4 is 4.74 Å². The molecule has 0 saturated heterocycles. The van der Waals surface area contributed by atoms with Crippen LogP contribution in [0, 0.1) is 13.8 Å². The average molecular weight is 274 g/mol. The van der Waals surface area contributed by atoms with Crippen molar-refractivity contribution in [2.24, 2.45) is 0 Å². The van der Waals surface area contributed by atoms with E-state index in [4.69, 9.17) is 9.15 Å². The monoisotopic (exact) mass is 274 g/mol. The number of aromatic carboxylic acids is 1. The van der Waals surface area contributed by atoms with Crippen LogP contribution in [0.25, 0.3) is 11.0 Å². The van der Waals surface area contributed by atoms with Crippen molar-refractivity contribution < 1.29 is 19.1 Å². The minimum atomic E-state index is -0.939. The molecule has 2 aromatic rings. The van der Waals surface area contributed by atoms with E-state index in [9.17, 15) is 9.90 Å². The number of aryl methyl sites for hydroxylation is 2. The van der Waals surface area contributed by atoms with Gasteiger partial charge in [-0.3, -0.25) is 0 Å². The van der Waals surface area contributed by atoms with Crippen molar-refractivity contribution in [3.05, 3.63) is 29.0 Å². The van der Waals surface area contributed by atoms with Gasteiger partial charge in [-0.25, -0.2) is 4.79 Å². The number of carboxylic acids is 1. The molecule has 1 aromatic heterocycles. The Kier molecular flexibility index (Phi) is 3.16. The SMILES string of the molecule is Cc1oc2c(OC3CCCC3)ccc(C(=O)O)c2c1C. The molecular weight excluding hydrogens is 256 g/mol. The molecule has 1 aromatic carbocycles. The number of rotatable bonds is 3. The Labute approximate surface area is 117 Å². The van der Waals surface area contributed by atoms with Gasteiger partial charge in [0.1, 0.15) is 5.76 Å². The Morgan fingerprint density at radius 1 is 1.30 bits per heavy atom. The molecule has 0 atom stereocenters. The van der Waals surface area contributed by atoms with Crippen LogP contribution in [-0.2, 0) is 0 Å². The summed E-state index contributed by atoms with van der Waals surface area (Å²) in [6, 6.07) is 3.32. The van der Waals surface area contributed by atoms with Crippen LogP contribution in [-0.4, -0.2) is 17.2 Å². The highest BCUT2D eigenvalue weighted by Gasteiger charge is 2.22. The standard InChI is InChI=1S/C16H18O4/c1-9-10(2)19-15-13(20-11-5-3-4-6-11)8-7-12(14(9)15)16(17)18/h7-8,11H,3-6H2,1-2H3,(H,17,18). The van der Waals surface area contributed by atoms with Gasteiger partial charge in [-0.05, 0) is 57.2 Å². The number of ether oxygens (including phenoxy) is 1. The number of hydrogen-bond acceptors (Lipinski definition) is 3. The number of furan rings is 1. The van der Waals surface area contributed by atoms with Crippen molar-refractivity contribution in [2.75, 3.05) is 0 Å². The number of carboxylic acid groups (broad SMARTS) is 1. The summed E-state index contributed by atoms with van der Waals surface area (Å²) in [6.45, 7) is 3.73. The first-order valence-corrected chi connectivity index (χ1v) is 7.00. The number of fused-ring (bicyclic) bond motifs is 1. The van der Waals surface area contributed by atoms with E-state index in [0.717, 1.165) is 24.2 Å². The highest BCUT2D eigenvalue weighted by Crippen LogP contribution is 2.36. The molecule has 0 bridgehead atoms. The zero-order chi connectivity index (χ0) is 14.3. The molecule has 1 N–H and O–H groups in total. The zero-order valence-corrected chi connectivity index (χ0v) is 11.7. The molecule has 1 aliphatic carbocycles. The molecule has 0 radical (unpaired) electrons. The van der Waals surface area contributed by atoms with Gasteiger partial charge in [0.15, 0.2) is 11.3 Å². The van der Waals surface area contributed by atoms with Gasteiger partial charge in [0.05, 0.1) is 11.7 Å². The minimum absolute atomic E-state index is 0.222. The van der Waals surface area contributed by atoms with Gasteiger partial charge in [-0.2, -0.15) is 0 Å². The Morgan fingerprint density at radius 3 is 2.65 bits per heavy atom. The minimum Gasteiger partial charge on any atom is -0.486 e. The summed E-state index contributed by atoms with van der Waals surface area (Å²) >= 11 is 0. The number of carbonyl (C=O) groups is 1. The predicted octanol–water partition coefficient (Wildman–Crippen LogP) is 4.07. The fourth-order valence-corrected chi connectivity index (χ4v) is 2.90. The molecule has 1 fully saturated rings. The van der Waals surface area contributed by atoms with Crippen LogP contribution >= 0.6 is 0 Å². The lowest BCUT2D eigenvalue weighted by Gasteiger charge is -2.13. The first kappa shape index (κ1) is 13.0. The first-order chi connectivity index (χ1) is 9.58. The normalized spacial score (nSPS) is 15.9. The van der Waals surface area contributed by atoms with Crippen molar-refractivity contribution in [1.82, 2.24) is 0 Å². The van der Waals surface area contributed by atoms with Crippen molar-refractivity contribution in [3.63, 3.8) is 0 Å². The second-order valence-electron chi connectivity index (χ2n) is 5.43. The Hall–Kier alpha value is -1.97. The van der Waals surface area contributed by atoms with Gasteiger partial charge >= 0.3 is 5.97 Å². The third kappa shape index (κ3) is 2.05. The fraction of sp³-hybridized carbons (Fsp3) is 0.438. The lowest BCUT2D eigenvalue weighted by atomic mass is 10.1. The molecule has 106 valence electrons. The molecule has 20 heavy (non-hydrogen) atoms. The molecule has 4 nitrogen and oxygen atoms in total. The maximum absolute atomic E-state index is 11.3. The lowest BCUT2D eigenvalue weighted by molar-refractivity contribution is 0.0699. The van der Waals surface area contributed by atoms with E-state index in [0.29, 0.717) is 16.7 Å². The summed E-state index contributed by atoms with van der Waals surface area (Å²) in [4.78, 5) is 11.3. The van der Waals surface area contributed by atoms with Crippen LogP contribution in [0.3, 0.4) is 0 Å². The number of hydrogen-bond donors (Lipinski definition) is 1. The fourth-order valence-electron chi connectivity index (χ4n) is 2.90. The molecule has 4 heteroatoms. The van der Waals surface area contributed by atoms with Crippen LogP contribution in [0.5, 0.6) is 5.75 Å². The Balaban J connectivity index is 2.12. The third-order valence-electron chi connectivity index (χ3n) is 4.11. The highest BCUT2D eigenvalue weighted by molar-refractivity contribution is 6.05. The predicted molar refractivity (Wildman–Crippen MR) is 75.5 cm³/mol. The maximum atomic E-state index is 11.3. The van der Waals surface area contributed by atoms with E-state index in [2.05, 4.69) is 0 Å². The van der Waals surface area contributed by atoms with E-state index in [1.54, 1.807) is 12.1 Å². The van der Waals surface area contributed by atoms with Crippen LogP contribution in [0.4, 0.5) is 0 Å². The van der Waals surface area contributed by atoms with E-state index >= 15 is 0 Å². The van der Waals surface area contributed by atoms with Gasteiger partial charge in [-0.15, -0.1) is 0 Å². The van der Waals surface area contributed by atoms with Crippen molar-refractivity contribution in [2.45, 2.75) is 45.6 Å². The Morgan fingerprint density at radius 2 is 2.00 bits per heavy atom. The van der Waals surface area contributed by atoms with Crippen LogP contribution in [0.2, 0.25) is 0 Å². The topological polar surface area (TPSA) is 59.7 Å². The Bertz CT molecular complexity index is 663. The van der Waals surface area contributed by atoms with Gasteiger partial charge in [0.2, 0.25) is 0 Å². The van der Waals surface area contributed by atoms with Crippen LogP contribution in [0.15, 0.2) is 16.5 Å². The van der Waals surface area contributed by atoms with Crippen LogP contribution in [0.1, 0.15) is 47.4 Å². The second-order valence-corrected chi connectivity index (χ2v) is 5.43. The van der Waals surface area contributed by atoms with E-state index in [-0.39, 0.29) is 11.7 Å². The van der Waals surface area contributed by atoms with Gasteiger partial charge in [-0.1, -0.05) is 0 Å². The zero-order valence-electron chi connectivity index (χ0n) is 11.7. The second kappa shape index (κ2) is 4.85. The van der Waals surface area contributed by atoms with Crippen molar-refractivity contribution in [1.29, 1.82) is 0 Å². The molecule has 0 aliphatic heterocycles. The molecule has 0 unspecified atom stereocenters. The van der Waals surface area contributed by atoms with Gasteiger partial charge in [0, 0.05) is 5.39 Å². The summed E-state index contributed by atoms with van der Waals surface area (Å²) in [5, 5.41) is 9.97. The smallest absolute Gasteiger partial charge is 0.336 e. The summed E-state index contributed by atoms with van der Waals surface area (Å²) in [6.07, 6.45) is 4.72. The van der Waals surface area contributed by atoms with Gasteiger partial charge < -0.3 is 14.3 Å². The molecule has 1 heterocycles. The lowest BCUT2D eigenvalue weighted by Crippen LogP contribution is -2.11. The molecule has 1 aliphatic rings. The van der Waals surface area contributed by atoms with E-state index in [1.807, 2.05) is 13.8 Å².